The van der Waals surface area contributed by atoms with Crippen molar-refractivity contribution in [3.63, 3.8) is 0 Å². The van der Waals surface area contributed by atoms with Crippen LogP contribution in [0.15, 0.2) is 66.7 Å². The van der Waals surface area contributed by atoms with E-state index < -0.39 is 0 Å². The third kappa shape index (κ3) is 6.91. The second-order valence-corrected chi connectivity index (χ2v) is 8.23. The monoisotopic (exact) mass is 461 g/mol. The third-order valence-electron chi connectivity index (χ3n) is 5.20. The highest BCUT2D eigenvalue weighted by molar-refractivity contribution is 6.04. The van der Waals surface area contributed by atoms with Gasteiger partial charge in [0.1, 0.15) is 5.75 Å². The van der Waals surface area contributed by atoms with Crippen molar-refractivity contribution in [2.24, 2.45) is 0 Å². The Labute approximate surface area is 200 Å². The first-order chi connectivity index (χ1) is 16.4. The van der Waals surface area contributed by atoms with Crippen LogP contribution in [0, 0.1) is 0 Å². The Kier molecular flexibility index (Phi) is 8.79. The molecule has 3 rings (SSSR count). The van der Waals surface area contributed by atoms with Crippen LogP contribution in [0.5, 0.6) is 5.75 Å². The van der Waals surface area contributed by atoms with Gasteiger partial charge in [0.05, 0.1) is 13.7 Å². The van der Waals surface area contributed by atoms with Crippen LogP contribution in [-0.2, 0) is 24.4 Å². The van der Waals surface area contributed by atoms with Gasteiger partial charge >= 0.3 is 0 Å². The average molecular weight is 462 g/mol. The van der Waals surface area contributed by atoms with Gasteiger partial charge < -0.3 is 25.0 Å². The van der Waals surface area contributed by atoms with Crippen LogP contribution in [0.2, 0.25) is 0 Å². The van der Waals surface area contributed by atoms with Gasteiger partial charge in [-0.3, -0.25) is 9.59 Å². The first kappa shape index (κ1) is 25.0. The van der Waals surface area contributed by atoms with Crippen molar-refractivity contribution in [1.29, 1.82) is 0 Å². The second-order valence-electron chi connectivity index (χ2n) is 8.23. The van der Waals surface area contributed by atoms with Crippen LogP contribution < -0.4 is 15.4 Å². The van der Waals surface area contributed by atoms with Gasteiger partial charge in [0.2, 0.25) is 0 Å². The molecule has 0 fully saturated rings. The average Bonchev–Trinajstić information content (AvgIpc) is 2.83. The zero-order valence-electron chi connectivity index (χ0n) is 20.1. The third-order valence-corrected chi connectivity index (χ3v) is 5.20. The number of rotatable bonds is 10. The van der Waals surface area contributed by atoms with Crippen molar-refractivity contribution in [2.75, 3.05) is 33.6 Å². The number of nitrogens with one attached hydrogen (secondary N) is 2. The van der Waals surface area contributed by atoms with Crippen LogP contribution in [0.3, 0.4) is 0 Å². The molecule has 0 radical (unpaired) electrons. The molecule has 0 bridgehead atoms. The number of hydrogen-bond donors (Lipinski definition) is 2. The van der Waals surface area contributed by atoms with E-state index in [1.165, 1.54) is 5.56 Å². The molecule has 178 valence electrons. The lowest BCUT2D eigenvalue weighted by Gasteiger charge is -2.12. The number of benzene rings is 3. The molecule has 7 heteroatoms. The molecule has 3 aromatic rings. The largest absolute Gasteiger partial charge is 0.496 e. The van der Waals surface area contributed by atoms with Crippen molar-refractivity contribution in [3.05, 3.63) is 94.5 Å². The van der Waals surface area contributed by atoms with E-state index >= 15 is 0 Å². The Morgan fingerprint density at radius 2 is 1.59 bits per heavy atom. The number of methoxy groups -OCH3 is 2. The summed E-state index contributed by atoms with van der Waals surface area (Å²) < 4.78 is 10.5. The molecule has 0 atom stereocenters. The van der Waals surface area contributed by atoms with E-state index in [1.807, 2.05) is 44.4 Å². The Hall–Kier alpha value is -3.68. The van der Waals surface area contributed by atoms with E-state index in [0.29, 0.717) is 30.0 Å². The van der Waals surface area contributed by atoms with Gasteiger partial charge in [0, 0.05) is 42.6 Å². The molecule has 0 spiro atoms. The molecule has 0 saturated carbocycles. The molecular weight excluding hydrogens is 430 g/mol. The fraction of sp³-hybridized carbons (Fsp3) is 0.259. The summed E-state index contributed by atoms with van der Waals surface area (Å²) in [6, 6.07) is 20.2. The molecule has 0 heterocycles. The van der Waals surface area contributed by atoms with E-state index in [9.17, 15) is 9.59 Å². The highest BCUT2D eigenvalue weighted by Crippen LogP contribution is 2.21. The topological polar surface area (TPSA) is 79.9 Å². The normalized spacial score (nSPS) is 10.7. The SMILES string of the molecule is COCc1cc(C(=O)NCc2cccc(C(=O)Nc3ccc(CN(C)C)cc3)c2)ccc1OC. The first-order valence-corrected chi connectivity index (χ1v) is 11.0. The maximum atomic E-state index is 12.7. The van der Waals surface area contributed by atoms with Crippen molar-refractivity contribution >= 4 is 17.5 Å². The highest BCUT2D eigenvalue weighted by Gasteiger charge is 2.12. The first-order valence-electron chi connectivity index (χ1n) is 11.0. The maximum Gasteiger partial charge on any atom is 0.255 e. The zero-order chi connectivity index (χ0) is 24.5. The van der Waals surface area contributed by atoms with Crippen molar-refractivity contribution in [3.8, 4) is 5.75 Å². The van der Waals surface area contributed by atoms with Crippen molar-refractivity contribution in [1.82, 2.24) is 10.2 Å². The van der Waals surface area contributed by atoms with Crippen molar-refractivity contribution in [2.45, 2.75) is 19.7 Å². The van der Waals surface area contributed by atoms with Crippen LogP contribution >= 0.6 is 0 Å². The van der Waals surface area contributed by atoms with E-state index in [2.05, 4.69) is 15.5 Å². The smallest absolute Gasteiger partial charge is 0.255 e. The summed E-state index contributed by atoms with van der Waals surface area (Å²) >= 11 is 0. The summed E-state index contributed by atoms with van der Waals surface area (Å²) in [5, 5.41) is 5.83. The number of nitrogens with zero attached hydrogens (tertiary/aromatic N) is 1. The highest BCUT2D eigenvalue weighted by atomic mass is 16.5. The summed E-state index contributed by atoms with van der Waals surface area (Å²) in [6.45, 7) is 1.48. The van der Waals surface area contributed by atoms with Gasteiger partial charge in [-0.15, -0.1) is 0 Å². The summed E-state index contributed by atoms with van der Waals surface area (Å²) in [4.78, 5) is 27.5. The number of ether oxygens (including phenoxy) is 2. The Bertz CT molecular complexity index is 1130. The summed E-state index contributed by atoms with van der Waals surface area (Å²) in [5.74, 6) is 0.255. The van der Waals surface area contributed by atoms with Crippen LogP contribution in [0.1, 0.15) is 37.4 Å². The minimum absolute atomic E-state index is 0.201. The van der Waals surface area contributed by atoms with Crippen molar-refractivity contribution < 1.29 is 19.1 Å². The van der Waals surface area contributed by atoms with Crippen LogP contribution in [0.25, 0.3) is 0 Å². The standard InChI is InChI=1S/C27H31N3O4/c1-30(2)17-19-8-11-24(12-9-19)29-27(32)21-7-5-6-20(14-21)16-28-26(31)22-10-13-25(34-4)23(15-22)18-33-3/h5-15H,16-18H2,1-4H3,(H,28,31)(H,29,32). The molecule has 0 aliphatic rings. The lowest BCUT2D eigenvalue weighted by molar-refractivity contribution is 0.0950. The minimum Gasteiger partial charge on any atom is -0.496 e. The van der Waals surface area contributed by atoms with E-state index in [1.54, 1.807) is 50.6 Å². The molecule has 0 aliphatic carbocycles. The quantitative estimate of drug-likeness (QED) is 0.476. The zero-order valence-corrected chi connectivity index (χ0v) is 20.1. The molecule has 2 N–H and O–H groups in total. The number of amides is 2. The molecule has 0 aromatic heterocycles. The summed E-state index contributed by atoms with van der Waals surface area (Å²) in [5.41, 5.74) is 4.57. The van der Waals surface area contributed by atoms with Gasteiger partial charge in [-0.25, -0.2) is 0 Å². The van der Waals surface area contributed by atoms with Gasteiger partial charge in [0.25, 0.3) is 11.8 Å². The van der Waals surface area contributed by atoms with E-state index in [4.69, 9.17) is 9.47 Å². The number of carbonyl (C=O) groups is 2. The lowest BCUT2D eigenvalue weighted by atomic mass is 10.1. The Morgan fingerprint density at radius 1 is 0.853 bits per heavy atom. The molecule has 0 unspecified atom stereocenters. The van der Waals surface area contributed by atoms with Crippen LogP contribution in [0.4, 0.5) is 5.69 Å². The number of hydrogen-bond acceptors (Lipinski definition) is 5. The second kappa shape index (κ2) is 12.0. The number of anilines is 1. The van der Waals surface area contributed by atoms with Gasteiger partial charge in [-0.2, -0.15) is 0 Å². The molecule has 0 saturated heterocycles. The fourth-order valence-electron chi connectivity index (χ4n) is 3.56. The Morgan fingerprint density at radius 3 is 2.26 bits per heavy atom. The molecule has 34 heavy (non-hydrogen) atoms. The van der Waals surface area contributed by atoms with Crippen LogP contribution in [-0.4, -0.2) is 45.0 Å². The van der Waals surface area contributed by atoms with E-state index in [0.717, 1.165) is 23.4 Å². The number of carbonyl (C=O) groups excluding carboxylic acids is 2. The fourth-order valence-corrected chi connectivity index (χ4v) is 3.56. The van der Waals surface area contributed by atoms with E-state index in [-0.39, 0.29) is 11.8 Å². The minimum atomic E-state index is -0.215. The maximum absolute atomic E-state index is 12.7. The van der Waals surface area contributed by atoms with Gasteiger partial charge in [0.15, 0.2) is 0 Å². The van der Waals surface area contributed by atoms with Gasteiger partial charge in [-0.05, 0) is 67.7 Å². The predicted molar refractivity (Wildman–Crippen MR) is 133 cm³/mol. The molecule has 7 nitrogen and oxygen atoms in total. The summed E-state index contributed by atoms with van der Waals surface area (Å²) in [7, 11) is 7.20. The molecular formula is C27H31N3O4. The van der Waals surface area contributed by atoms with Gasteiger partial charge in [-0.1, -0.05) is 24.3 Å². The molecule has 2 amide bonds. The molecule has 0 aliphatic heterocycles. The molecule has 3 aromatic carbocycles. The summed E-state index contributed by atoms with van der Waals surface area (Å²) in [6.07, 6.45) is 0. The Balaban J connectivity index is 1.61. The lowest BCUT2D eigenvalue weighted by Crippen LogP contribution is -2.23. The predicted octanol–water partition coefficient (Wildman–Crippen LogP) is 4.09.